The summed E-state index contributed by atoms with van der Waals surface area (Å²) < 4.78 is 11.0. The number of phenols is 50. The predicted octanol–water partition coefficient (Wildman–Crippen LogP) is 9.37. The lowest BCUT2D eigenvalue weighted by Crippen LogP contribution is -1.98. The molecule has 50 N–H and O–H groups in total. The van der Waals surface area contributed by atoms with Gasteiger partial charge in [0, 0.05) is 76.1 Å². The number of fused-ring (bicyclic) bond motifs is 12. The third-order valence-corrected chi connectivity index (χ3v) is 23.1. The van der Waals surface area contributed by atoms with Crippen molar-refractivity contribution < 1.29 is 264 Å². The van der Waals surface area contributed by atoms with E-state index in [9.17, 15) is 255 Å². The Balaban J connectivity index is 0.000000197. The van der Waals surface area contributed by atoms with Gasteiger partial charge in [0.05, 0.1) is 76.8 Å². The van der Waals surface area contributed by atoms with Gasteiger partial charge in [-0.2, -0.15) is 0 Å². The van der Waals surface area contributed by atoms with Gasteiger partial charge in [-0.3, -0.25) is 0 Å². The van der Waals surface area contributed by atoms with Crippen LogP contribution in [0.1, 0.15) is 0 Å². The van der Waals surface area contributed by atoms with E-state index in [4.69, 9.17) is 8.83 Å². The first-order chi connectivity index (χ1) is 63.5. The van der Waals surface area contributed by atoms with E-state index in [-0.39, 0.29) is 0 Å². The van der Waals surface area contributed by atoms with Crippen molar-refractivity contribution in [3.8, 4) is 354 Å². The monoisotopic (exact) mass is 1890 g/mol. The average molecular weight is 1890 g/mol. The molecule has 0 fully saturated rings. The van der Waals surface area contributed by atoms with E-state index in [1.807, 2.05) is 0 Å². The summed E-state index contributed by atoms with van der Waals surface area (Å²) >= 11 is 0. The van der Waals surface area contributed by atoms with Crippen molar-refractivity contribution in [2.75, 3.05) is 0 Å². The lowest BCUT2D eigenvalue weighted by atomic mass is 9.80. The van der Waals surface area contributed by atoms with Crippen LogP contribution in [0.2, 0.25) is 0 Å². The molecule has 2 heterocycles. The molecule has 0 saturated heterocycles. The van der Waals surface area contributed by atoms with Crippen molar-refractivity contribution in [1.29, 1.82) is 0 Å². The maximum Gasteiger partial charge on any atom is 0.208 e. The van der Waals surface area contributed by atoms with Gasteiger partial charge in [0.2, 0.25) is 121 Å². The second-order valence-electron chi connectivity index (χ2n) is 29.9. The van der Waals surface area contributed by atoms with Crippen LogP contribution in [-0.4, -0.2) is 255 Å². The summed E-state index contributed by atoms with van der Waals surface area (Å²) in [6, 6.07) is 1.28. The molecule has 136 heavy (non-hydrogen) atoms. The molecule has 2 aromatic heterocycles. The summed E-state index contributed by atoms with van der Waals surface area (Å²) in [5.41, 5.74) is -22.3. The van der Waals surface area contributed by atoms with Gasteiger partial charge >= 0.3 is 0 Å². The van der Waals surface area contributed by atoms with E-state index in [1.54, 1.807) is 0 Å². The topological polar surface area (TPSA) is 1040 Å². The fourth-order valence-electron chi connectivity index (χ4n) is 16.9. The Bertz CT molecular complexity index is 8470. The molecule has 16 aromatic carbocycles. The second-order valence-corrected chi connectivity index (χ2v) is 29.9. The summed E-state index contributed by atoms with van der Waals surface area (Å²) in [5.74, 6) is -81.3. The molecule has 0 spiro atoms. The molecule has 18 aromatic rings. The molecule has 0 saturated carbocycles. The highest BCUT2D eigenvalue weighted by atomic mass is 16.4. The van der Waals surface area contributed by atoms with Crippen LogP contribution >= 0.6 is 0 Å². The third-order valence-electron chi connectivity index (χ3n) is 23.1. The summed E-state index contributed by atoms with van der Waals surface area (Å²) in [5, 5.41) is 539. The van der Waals surface area contributed by atoms with Crippen LogP contribution in [0.3, 0.4) is 0 Å². The number of furan rings is 2. The first-order valence-corrected chi connectivity index (χ1v) is 36.7. The maximum atomic E-state index is 12.4. The van der Waals surface area contributed by atoms with Gasteiger partial charge in [0.1, 0.15) is 40.2 Å². The van der Waals surface area contributed by atoms with E-state index in [0.717, 1.165) is 0 Å². The summed E-state index contributed by atoms with van der Waals surface area (Å²) in [4.78, 5) is 0. The fraction of sp³-hybridized carbons (Fsp3) is 0. The van der Waals surface area contributed by atoms with Gasteiger partial charge in [0.25, 0.3) is 0 Å². The van der Waals surface area contributed by atoms with E-state index in [1.165, 1.54) is 0 Å². The zero-order chi connectivity index (χ0) is 100. The number of hydrogen-bond donors (Lipinski definition) is 50. The second kappa shape index (κ2) is 27.6. The highest BCUT2D eigenvalue weighted by molar-refractivity contribution is 6.36. The number of phenolic OH excluding ortho intramolecular Hbond substituents is 50. The first-order valence-electron chi connectivity index (χ1n) is 36.7. The van der Waals surface area contributed by atoms with Gasteiger partial charge in [-0.1, -0.05) is 0 Å². The minimum absolute atomic E-state index is 0.586. The van der Waals surface area contributed by atoms with E-state index >= 15 is 0 Å². The van der Waals surface area contributed by atoms with Gasteiger partial charge in [-0.05, 0) is 12.1 Å². The van der Waals surface area contributed by atoms with Crippen molar-refractivity contribution in [1.82, 2.24) is 0 Å². The Morgan fingerprint density at radius 3 is 0.449 bits per heavy atom. The molecular formula is C84H52O52. The Labute approximate surface area is 736 Å². The number of hydrogen-bond acceptors (Lipinski definition) is 52. The molecule has 52 heteroatoms. The minimum atomic E-state index is -2.01. The van der Waals surface area contributed by atoms with Crippen LogP contribution < -0.4 is 0 Å². The molecule has 0 aliphatic carbocycles. The zero-order valence-corrected chi connectivity index (χ0v) is 65.3. The van der Waals surface area contributed by atoms with Crippen molar-refractivity contribution in [3.63, 3.8) is 0 Å². The predicted molar refractivity (Wildman–Crippen MR) is 448 cm³/mol. The lowest BCUT2D eigenvalue weighted by Gasteiger charge is -2.26. The number of rotatable bonds is 6. The lowest BCUT2D eigenvalue weighted by molar-refractivity contribution is 0.329. The maximum absolute atomic E-state index is 12.4. The van der Waals surface area contributed by atoms with Gasteiger partial charge < -0.3 is 264 Å². The SMILES string of the molecule is Oc1cc2c(O)c3oc4c(O)c(O)c(-c5c6c(O)c(O)c(O)c(O)c6c(-c6c(O)c(-c7c(O)c(O)c(O)c(O)c7O)c(O)c(-c7c(O)c(O)c(O)c(O)c7O)c6O)c6c(O)c(O)c(O)c(O)c56)c(O)c4c3c(O)c2c(O)c1O.Oc1cc2c(O)c3oc4c(O)c(O)c(-c5c6c(O)c(O)c(O)c(O)c6c(-c6c(O)c(O)c(O)c(O)c6O)c6c(O)c(O)c(O)c(O)c56)c(O)c4c3c(O)c2c(O)c1O. The average Bonchev–Trinajstić information content (AvgIpc) is 0.988. The molecule has 0 aliphatic heterocycles. The van der Waals surface area contributed by atoms with Crippen molar-refractivity contribution in [2.45, 2.75) is 0 Å². The van der Waals surface area contributed by atoms with Crippen LogP contribution in [-0.2, 0) is 0 Å². The van der Waals surface area contributed by atoms with Crippen LogP contribution in [0, 0.1) is 0 Å². The minimum Gasteiger partial charge on any atom is -0.506 e. The van der Waals surface area contributed by atoms with Crippen molar-refractivity contribution in [2.24, 2.45) is 0 Å². The standard InChI is InChI=1S/C48H30O30.C36H22O22/c49-3-1-2-4(26(57)20(3)51)21(52)17-18-25(56)12(35(66)46(77)48(18)78-47(17)19(2)50)6-9-7(27(58)36(67)38(69)29(9)60)5(8-10(6)30(61)39(70)37(68)28(8)59)11-22(53)13(15-31(62)40(71)44(75)41(72)32(15)63)24(55)14(23(11)54)16-33(64)42(73)45(76)43(74)34(16)65;37-3-1-2-4(19(42)16(3)39)17(40)13-14-18(41)11(26(49)34(57)36(14)58-35(13)15(2)38)5-7-9(22(45)29(52)27(50)20(7)43)6(10-8(5)21(44)28(51)30(53)23(10)46)12-24(47)31(54)33(56)32(55)25(12)48/h1,49-77H;1,37-57H. The van der Waals surface area contributed by atoms with Crippen LogP contribution in [0.15, 0.2) is 21.0 Å². The molecular weight excluding hydrogens is 1840 g/mol. The summed E-state index contributed by atoms with van der Waals surface area (Å²) in [6.07, 6.45) is 0. The van der Waals surface area contributed by atoms with Crippen molar-refractivity contribution in [3.05, 3.63) is 12.1 Å². The molecule has 0 unspecified atom stereocenters. The van der Waals surface area contributed by atoms with E-state index < -0.39 is 463 Å². The fourth-order valence-corrected chi connectivity index (χ4v) is 16.9. The molecule has 52 nitrogen and oxygen atoms in total. The molecule has 18 rings (SSSR count). The summed E-state index contributed by atoms with van der Waals surface area (Å²) in [7, 11) is 0. The van der Waals surface area contributed by atoms with Gasteiger partial charge in [-0.25, -0.2) is 0 Å². The molecule has 0 atom stereocenters. The quantitative estimate of drug-likeness (QED) is 0.0418. The van der Waals surface area contributed by atoms with Gasteiger partial charge in [0.15, 0.2) is 149 Å². The molecule has 0 radical (unpaired) electrons. The Hall–Kier alpha value is -21.3. The van der Waals surface area contributed by atoms with Crippen molar-refractivity contribution >= 4 is 109 Å². The largest absolute Gasteiger partial charge is 0.506 e. The Morgan fingerprint density at radius 2 is 0.235 bits per heavy atom. The van der Waals surface area contributed by atoms with Crippen LogP contribution in [0.4, 0.5) is 0 Å². The molecule has 0 amide bonds. The van der Waals surface area contributed by atoms with E-state index in [0.29, 0.717) is 12.1 Å². The first kappa shape index (κ1) is 86.8. The molecule has 0 bridgehead atoms. The van der Waals surface area contributed by atoms with Crippen LogP contribution in [0.25, 0.3) is 175 Å². The van der Waals surface area contributed by atoms with E-state index in [2.05, 4.69) is 0 Å². The summed E-state index contributed by atoms with van der Waals surface area (Å²) in [6.45, 7) is 0. The molecule has 700 valence electrons. The number of benzene rings is 16. The molecule has 0 aliphatic rings. The number of aromatic hydroxyl groups is 50. The Kier molecular flexibility index (Phi) is 17.6. The normalized spacial score (nSPS) is 11.8. The highest BCUT2D eigenvalue weighted by Gasteiger charge is 2.46. The van der Waals surface area contributed by atoms with Gasteiger partial charge in [-0.15, -0.1) is 0 Å². The Morgan fingerprint density at radius 1 is 0.0956 bits per heavy atom. The van der Waals surface area contributed by atoms with Crippen LogP contribution in [0.5, 0.6) is 287 Å². The zero-order valence-electron chi connectivity index (χ0n) is 65.3. The third kappa shape index (κ3) is 10.2. The highest BCUT2D eigenvalue weighted by Crippen LogP contribution is 2.75. The smallest absolute Gasteiger partial charge is 0.208 e.